The third-order valence-electron chi connectivity index (χ3n) is 4.21. The molecule has 0 bridgehead atoms. The number of carbonyl (C=O) groups is 1. The Labute approximate surface area is 157 Å². The van der Waals surface area contributed by atoms with Crippen LogP contribution < -0.4 is 10.0 Å². The molecule has 1 amide bonds. The van der Waals surface area contributed by atoms with E-state index in [4.69, 9.17) is 0 Å². The maximum atomic E-state index is 13.0. The molecule has 2 aromatic carbocycles. The van der Waals surface area contributed by atoms with Crippen molar-refractivity contribution in [1.82, 2.24) is 10.0 Å². The first kappa shape index (κ1) is 19.0. The fourth-order valence-electron chi connectivity index (χ4n) is 2.78. The van der Waals surface area contributed by atoms with Crippen LogP contribution in [-0.2, 0) is 21.4 Å². The topological polar surface area (TPSA) is 87.6 Å². The van der Waals surface area contributed by atoms with Crippen LogP contribution in [0, 0.1) is 11.7 Å². The Morgan fingerprint density at radius 1 is 1.15 bits per heavy atom. The van der Waals surface area contributed by atoms with Gasteiger partial charge in [0.1, 0.15) is 17.7 Å². The van der Waals surface area contributed by atoms with E-state index >= 15 is 0 Å². The minimum absolute atomic E-state index is 0.150. The number of aliphatic imine (C=N–C) groups is 1. The summed E-state index contributed by atoms with van der Waals surface area (Å²) < 4.78 is 39.8. The van der Waals surface area contributed by atoms with Crippen LogP contribution in [0.25, 0.3) is 0 Å². The summed E-state index contributed by atoms with van der Waals surface area (Å²) in [5.74, 6) is -0.654. The second kappa shape index (κ2) is 7.48. The van der Waals surface area contributed by atoms with Crippen molar-refractivity contribution in [2.45, 2.75) is 31.3 Å². The molecule has 1 unspecified atom stereocenters. The number of amidine groups is 1. The molecular weight excluding hydrogens is 369 g/mol. The largest absolute Gasteiger partial charge is 0.350 e. The highest BCUT2D eigenvalue weighted by atomic mass is 32.2. The van der Waals surface area contributed by atoms with E-state index in [1.165, 1.54) is 18.2 Å². The number of carbonyl (C=O) groups excluding carboxylic acids is 1. The van der Waals surface area contributed by atoms with Crippen molar-refractivity contribution in [3.8, 4) is 0 Å². The monoisotopic (exact) mass is 389 g/mol. The molecular formula is C19H20FN3O3S. The van der Waals surface area contributed by atoms with Crippen LogP contribution in [-0.4, -0.2) is 26.2 Å². The van der Waals surface area contributed by atoms with Crippen molar-refractivity contribution >= 4 is 21.8 Å². The predicted octanol–water partition coefficient (Wildman–Crippen LogP) is 2.21. The zero-order valence-corrected chi connectivity index (χ0v) is 15.8. The molecule has 0 aromatic heterocycles. The van der Waals surface area contributed by atoms with Crippen LogP contribution in [0.5, 0.6) is 0 Å². The third kappa shape index (κ3) is 4.16. The van der Waals surface area contributed by atoms with Gasteiger partial charge in [0.15, 0.2) is 0 Å². The Morgan fingerprint density at radius 3 is 2.48 bits per heavy atom. The highest BCUT2D eigenvalue weighted by Crippen LogP contribution is 2.23. The molecule has 6 nitrogen and oxygen atoms in total. The predicted molar refractivity (Wildman–Crippen MR) is 100 cm³/mol. The minimum Gasteiger partial charge on any atom is -0.350 e. The van der Waals surface area contributed by atoms with Gasteiger partial charge in [-0.15, -0.1) is 0 Å². The summed E-state index contributed by atoms with van der Waals surface area (Å²) >= 11 is 0. The molecule has 0 saturated heterocycles. The molecule has 0 saturated carbocycles. The summed E-state index contributed by atoms with van der Waals surface area (Å²) in [6, 6.07) is 11.6. The van der Waals surface area contributed by atoms with Gasteiger partial charge in [-0.1, -0.05) is 38.1 Å². The maximum Gasteiger partial charge on any atom is 0.263 e. The number of hydrogen-bond donors (Lipinski definition) is 2. The number of amides is 1. The summed E-state index contributed by atoms with van der Waals surface area (Å²) in [5, 5.41) is 2.77. The highest BCUT2D eigenvalue weighted by Gasteiger charge is 2.32. The maximum absolute atomic E-state index is 13.0. The van der Waals surface area contributed by atoms with Crippen LogP contribution in [0.15, 0.2) is 58.4 Å². The van der Waals surface area contributed by atoms with E-state index in [1.54, 1.807) is 30.3 Å². The van der Waals surface area contributed by atoms with Gasteiger partial charge < -0.3 is 5.32 Å². The Balaban J connectivity index is 1.81. The normalized spacial score (nSPS) is 17.4. The van der Waals surface area contributed by atoms with Crippen LogP contribution in [0.4, 0.5) is 4.39 Å². The summed E-state index contributed by atoms with van der Waals surface area (Å²) in [6.45, 7) is 3.90. The fourth-order valence-corrected chi connectivity index (χ4v) is 4.01. The van der Waals surface area contributed by atoms with E-state index in [1.807, 2.05) is 13.8 Å². The van der Waals surface area contributed by atoms with Gasteiger partial charge in [-0.05, 0) is 35.7 Å². The molecule has 1 atom stereocenters. The van der Waals surface area contributed by atoms with Crippen LogP contribution in [0.3, 0.4) is 0 Å². The third-order valence-corrected chi connectivity index (χ3v) is 5.61. The lowest BCUT2D eigenvalue weighted by Crippen LogP contribution is -2.38. The van der Waals surface area contributed by atoms with E-state index in [-0.39, 0.29) is 34.9 Å². The van der Waals surface area contributed by atoms with E-state index in [9.17, 15) is 17.6 Å². The molecule has 142 valence electrons. The number of nitrogens with zero attached hydrogens (tertiary/aromatic N) is 1. The summed E-state index contributed by atoms with van der Waals surface area (Å²) in [5.41, 5.74) is 1.21. The molecule has 8 heteroatoms. The van der Waals surface area contributed by atoms with Gasteiger partial charge in [-0.25, -0.2) is 12.8 Å². The second-order valence-electron chi connectivity index (χ2n) is 6.61. The van der Waals surface area contributed by atoms with Gasteiger partial charge in [0.25, 0.3) is 10.0 Å². The van der Waals surface area contributed by atoms with Crippen molar-refractivity contribution in [2.75, 3.05) is 0 Å². The first-order valence-electron chi connectivity index (χ1n) is 8.50. The molecule has 0 aliphatic carbocycles. The molecule has 0 fully saturated rings. The van der Waals surface area contributed by atoms with Crippen LogP contribution in [0.1, 0.15) is 25.0 Å². The van der Waals surface area contributed by atoms with Gasteiger partial charge >= 0.3 is 0 Å². The lowest BCUT2D eigenvalue weighted by Gasteiger charge is -2.17. The van der Waals surface area contributed by atoms with Crippen LogP contribution >= 0.6 is 0 Å². The minimum atomic E-state index is -3.66. The van der Waals surface area contributed by atoms with Crippen molar-refractivity contribution in [1.29, 1.82) is 0 Å². The standard InChI is InChI=1S/C19H20FN3O3S/c1-12(2)17(19(24)21-11-13-7-9-14(20)10-8-13)22-18-15-5-3-4-6-16(15)27(25,26)23-18/h3-10,12,17H,11H2,1-2H3,(H,21,24)(H,22,23). The molecule has 2 N–H and O–H groups in total. The van der Waals surface area contributed by atoms with Gasteiger partial charge in [-0.3, -0.25) is 14.5 Å². The lowest BCUT2D eigenvalue weighted by atomic mass is 10.0. The number of hydrogen-bond acceptors (Lipinski definition) is 4. The van der Waals surface area contributed by atoms with E-state index in [0.29, 0.717) is 5.56 Å². The summed E-state index contributed by atoms with van der Waals surface area (Å²) in [6.07, 6.45) is 0. The first-order chi connectivity index (χ1) is 12.8. The number of fused-ring (bicyclic) bond motifs is 1. The van der Waals surface area contributed by atoms with Gasteiger partial charge in [0.2, 0.25) is 5.91 Å². The SMILES string of the molecule is CC(C)C(N=C1NS(=O)(=O)c2ccccc21)C(=O)NCc1ccc(F)cc1. The van der Waals surface area contributed by atoms with E-state index in [0.717, 1.165) is 5.56 Å². The summed E-state index contributed by atoms with van der Waals surface area (Å²) in [7, 11) is -3.66. The average Bonchev–Trinajstić information content (AvgIpc) is 2.89. The Morgan fingerprint density at radius 2 is 1.81 bits per heavy atom. The number of benzene rings is 2. The van der Waals surface area contributed by atoms with Crippen molar-refractivity contribution < 1.29 is 17.6 Å². The number of rotatable bonds is 5. The second-order valence-corrected chi connectivity index (χ2v) is 8.26. The smallest absolute Gasteiger partial charge is 0.263 e. The van der Waals surface area contributed by atoms with Gasteiger partial charge in [0, 0.05) is 12.1 Å². The van der Waals surface area contributed by atoms with Crippen molar-refractivity contribution in [3.05, 3.63) is 65.5 Å². The van der Waals surface area contributed by atoms with Gasteiger partial charge in [-0.2, -0.15) is 0 Å². The number of nitrogens with one attached hydrogen (secondary N) is 2. The van der Waals surface area contributed by atoms with Crippen LogP contribution in [0.2, 0.25) is 0 Å². The Kier molecular flexibility index (Phi) is 5.27. The molecule has 0 spiro atoms. The first-order valence-corrected chi connectivity index (χ1v) is 9.98. The molecule has 27 heavy (non-hydrogen) atoms. The molecule has 3 rings (SSSR count). The quantitative estimate of drug-likeness (QED) is 0.822. The Bertz CT molecular complexity index is 986. The molecule has 0 radical (unpaired) electrons. The molecule has 1 aliphatic heterocycles. The number of sulfonamides is 1. The summed E-state index contributed by atoms with van der Waals surface area (Å²) in [4.78, 5) is 17.2. The Hall–Kier alpha value is -2.74. The highest BCUT2D eigenvalue weighted by molar-refractivity contribution is 7.90. The average molecular weight is 389 g/mol. The zero-order valence-electron chi connectivity index (χ0n) is 14.9. The van der Waals surface area contributed by atoms with Crippen molar-refractivity contribution in [3.63, 3.8) is 0 Å². The molecule has 1 aliphatic rings. The lowest BCUT2D eigenvalue weighted by molar-refractivity contribution is -0.123. The van der Waals surface area contributed by atoms with E-state index < -0.39 is 16.1 Å². The number of halogens is 1. The molecule has 1 heterocycles. The van der Waals surface area contributed by atoms with Crippen molar-refractivity contribution in [2.24, 2.45) is 10.9 Å². The van der Waals surface area contributed by atoms with Gasteiger partial charge in [0.05, 0.1) is 4.90 Å². The zero-order chi connectivity index (χ0) is 19.6. The molecule has 2 aromatic rings. The van der Waals surface area contributed by atoms with E-state index in [2.05, 4.69) is 15.0 Å². The fraction of sp³-hybridized carbons (Fsp3) is 0.263.